The van der Waals surface area contributed by atoms with E-state index in [1.165, 1.54) is 37.8 Å². The second-order valence-electron chi connectivity index (χ2n) is 8.05. The van der Waals surface area contributed by atoms with E-state index in [4.69, 9.17) is 4.74 Å². The summed E-state index contributed by atoms with van der Waals surface area (Å²) in [5.74, 6) is 1.96. The fraction of sp³-hybridized carbons (Fsp3) is 0.520. The van der Waals surface area contributed by atoms with Gasteiger partial charge in [0.2, 0.25) is 0 Å². The quantitative estimate of drug-likeness (QED) is 0.370. The van der Waals surface area contributed by atoms with Crippen LogP contribution in [0, 0.1) is 0 Å². The maximum absolute atomic E-state index is 11.4. The summed E-state index contributed by atoms with van der Waals surface area (Å²) in [5.41, 5.74) is 1.90. The number of hydrogen-bond donors (Lipinski definition) is 0. The molecule has 5 nitrogen and oxygen atoms in total. The Labute approximate surface area is 181 Å². The van der Waals surface area contributed by atoms with Crippen molar-refractivity contribution in [2.45, 2.75) is 52.4 Å². The third-order valence-corrected chi connectivity index (χ3v) is 5.73. The molecule has 2 heterocycles. The van der Waals surface area contributed by atoms with Gasteiger partial charge in [-0.1, -0.05) is 39.0 Å². The van der Waals surface area contributed by atoms with Crippen molar-refractivity contribution in [2.24, 2.45) is 0 Å². The van der Waals surface area contributed by atoms with Gasteiger partial charge < -0.3 is 14.5 Å². The van der Waals surface area contributed by atoms with Crippen molar-refractivity contribution in [3.05, 3.63) is 48.2 Å². The molecule has 0 atom stereocenters. The zero-order chi connectivity index (χ0) is 21.2. The van der Waals surface area contributed by atoms with Gasteiger partial charge in [0.15, 0.2) is 5.78 Å². The molecule has 1 aromatic heterocycles. The third kappa shape index (κ3) is 6.48. The van der Waals surface area contributed by atoms with Crippen LogP contribution >= 0.6 is 0 Å². The summed E-state index contributed by atoms with van der Waals surface area (Å²) in [6.45, 7) is 8.37. The average Bonchev–Trinajstić information content (AvgIpc) is 2.79. The van der Waals surface area contributed by atoms with E-state index in [1.807, 2.05) is 12.1 Å². The predicted molar refractivity (Wildman–Crippen MR) is 124 cm³/mol. The van der Waals surface area contributed by atoms with Crippen molar-refractivity contribution in [1.82, 2.24) is 4.98 Å². The van der Waals surface area contributed by atoms with E-state index in [2.05, 4.69) is 46.0 Å². The smallest absolute Gasteiger partial charge is 0.161 e. The van der Waals surface area contributed by atoms with Crippen LogP contribution in [0.4, 0.5) is 11.5 Å². The molecule has 0 saturated carbocycles. The van der Waals surface area contributed by atoms with Gasteiger partial charge in [0, 0.05) is 43.6 Å². The van der Waals surface area contributed by atoms with Gasteiger partial charge in [0.05, 0.1) is 6.61 Å². The molecule has 1 aromatic carbocycles. The molecule has 30 heavy (non-hydrogen) atoms. The first kappa shape index (κ1) is 22.1. The number of piperazine rings is 1. The zero-order valence-corrected chi connectivity index (χ0v) is 18.5. The van der Waals surface area contributed by atoms with Crippen LogP contribution in [0.5, 0.6) is 5.75 Å². The Morgan fingerprint density at radius 3 is 2.20 bits per heavy atom. The summed E-state index contributed by atoms with van der Waals surface area (Å²) in [6, 6.07) is 12.3. The fourth-order valence-electron chi connectivity index (χ4n) is 3.80. The lowest BCUT2D eigenvalue weighted by atomic mass is 10.1. The molecule has 0 N–H and O–H groups in total. The molecule has 1 fully saturated rings. The van der Waals surface area contributed by atoms with Crippen molar-refractivity contribution < 1.29 is 9.53 Å². The van der Waals surface area contributed by atoms with Crippen molar-refractivity contribution in [3.63, 3.8) is 0 Å². The molecule has 1 saturated heterocycles. The number of carbonyl (C=O) groups is 1. The zero-order valence-electron chi connectivity index (χ0n) is 18.5. The molecule has 162 valence electrons. The number of nitrogens with zero attached hydrogens (tertiary/aromatic N) is 3. The molecule has 1 aliphatic rings. The van der Waals surface area contributed by atoms with Crippen LogP contribution in [-0.4, -0.2) is 43.6 Å². The summed E-state index contributed by atoms with van der Waals surface area (Å²) in [6.07, 6.45) is 9.37. The van der Waals surface area contributed by atoms with Crippen molar-refractivity contribution >= 4 is 17.3 Å². The topological polar surface area (TPSA) is 45.7 Å². The number of benzene rings is 1. The van der Waals surface area contributed by atoms with Gasteiger partial charge in [-0.3, -0.25) is 4.79 Å². The number of ketones is 1. The molecule has 0 amide bonds. The van der Waals surface area contributed by atoms with Crippen molar-refractivity contribution in [3.8, 4) is 5.75 Å². The second kappa shape index (κ2) is 11.6. The number of rotatable bonds is 11. The number of carbonyl (C=O) groups excluding carboxylic acids is 1. The Morgan fingerprint density at radius 1 is 0.900 bits per heavy atom. The minimum Gasteiger partial charge on any atom is -0.494 e. The summed E-state index contributed by atoms with van der Waals surface area (Å²) in [4.78, 5) is 20.5. The van der Waals surface area contributed by atoms with Crippen molar-refractivity contribution in [2.75, 3.05) is 42.6 Å². The summed E-state index contributed by atoms with van der Waals surface area (Å²) < 4.78 is 5.90. The monoisotopic (exact) mass is 409 g/mol. The normalized spacial score (nSPS) is 14.1. The first-order chi connectivity index (χ1) is 14.7. The molecule has 0 bridgehead atoms. The van der Waals surface area contributed by atoms with Crippen LogP contribution in [0.2, 0.25) is 0 Å². The lowest BCUT2D eigenvalue weighted by Gasteiger charge is -2.36. The van der Waals surface area contributed by atoms with Crippen molar-refractivity contribution in [1.29, 1.82) is 0 Å². The standard InChI is InChI=1S/C25H35N3O2/c1-3-4-5-6-7-8-19-30-24-12-10-23(11-13-24)27-15-17-28(18-16-27)25-14-9-22(20-26-25)21(2)29/h9-14,20H,3-8,15-19H2,1-2H3. The van der Waals surface area contributed by atoms with Gasteiger partial charge in [-0.2, -0.15) is 0 Å². The Morgan fingerprint density at radius 2 is 1.57 bits per heavy atom. The highest BCUT2D eigenvalue weighted by Crippen LogP contribution is 2.22. The SMILES string of the molecule is CCCCCCCCOc1ccc(N2CCN(c3ccc(C(C)=O)cn3)CC2)cc1. The molecule has 2 aromatic rings. The van der Waals surface area contributed by atoms with Gasteiger partial charge in [-0.25, -0.2) is 4.98 Å². The molecule has 3 rings (SSSR count). The Hall–Kier alpha value is -2.56. The number of hydrogen-bond acceptors (Lipinski definition) is 5. The first-order valence-corrected chi connectivity index (χ1v) is 11.4. The van der Waals surface area contributed by atoms with Crippen LogP contribution < -0.4 is 14.5 Å². The molecule has 0 aliphatic carbocycles. The number of ether oxygens (including phenoxy) is 1. The van der Waals surface area contributed by atoms with E-state index in [9.17, 15) is 4.79 Å². The lowest BCUT2D eigenvalue weighted by molar-refractivity contribution is 0.101. The largest absolute Gasteiger partial charge is 0.494 e. The molecule has 1 aliphatic heterocycles. The second-order valence-corrected chi connectivity index (χ2v) is 8.05. The minimum atomic E-state index is 0.0540. The van der Waals surface area contributed by atoms with Crippen LogP contribution in [-0.2, 0) is 0 Å². The van der Waals surface area contributed by atoms with Gasteiger partial charge in [0.25, 0.3) is 0 Å². The number of pyridine rings is 1. The molecule has 0 spiro atoms. The Balaban J connectivity index is 1.40. The van der Waals surface area contributed by atoms with E-state index in [1.54, 1.807) is 13.1 Å². The molecular formula is C25H35N3O2. The van der Waals surface area contributed by atoms with Crippen LogP contribution in [0.25, 0.3) is 0 Å². The molecule has 0 radical (unpaired) electrons. The first-order valence-electron chi connectivity index (χ1n) is 11.4. The van der Waals surface area contributed by atoms with E-state index in [0.29, 0.717) is 5.56 Å². The predicted octanol–water partition coefficient (Wildman–Crippen LogP) is 5.35. The fourth-order valence-corrected chi connectivity index (χ4v) is 3.80. The van der Waals surface area contributed by atoms with Gasteiger partial charge in [-0.15, -0.1) is 0 Å². The highest BCUT2D eigenvalue weighted by Gasteiger charge is 2.18. The summed E-state index contributed by atoms with van der Waals surface area (Å²) in [7, 11) is 0. The van der Waals surface area contributed by atoms with E-state index >= 15 is 0 Å². The number of anilines is 2. The highest BCUT2D eigenvalue weighted by molar-refractivity contribution is 5.93. The molecule has 0 unspecified atom stereocenters. The molecular weight excluding hydrogens is 374 g/mol. The lowest BCUT2D eigenvalue weighted by Crippen LogP contribution is -2.46. The average molecular weight is 410 g/mol. The highest BCUT2D eigenvalue weighted by atomic mass is 16.5. The van der Waals surface area contributed by atoms with Gasteiger partial charge >= 0.3 is 0 Å². The van der Waals surface area contributed by atoms with Crippen LogP contribution in [0.1, 0.15) is 62.7 Å². The van der Waals surface area contributed by atoms with Crippen LogP contribution in [0.15, 0.2) is 42.6 Å². The van der Waals surface area contributed by atoms with Gasteiger partial charge in [0.1, 0.15) is 11.6 Å². The van der Waals surface area contributed by atoms with E-state index in [0.717, 1.165) is 50.8 Å². The van der Waals surface area contributed by atoms with Gasteiger partial charge in [-0.05, 0) is 49.7 Å². The molecule has 5 heteroatoms. The Kier molecular flexibility index (Phi) is 8.54. The Bertz CT molecular complexity index is 766. The minimum absolute atomic E-state index is 0.0540. The third-order valence-electron chi connectivity index (χ3n) is 5.73. The number of aromatic nitrogens is 1. The summed E-state index contributed by atoms with van der Waals surface area (Å²) >= 11 is 0. The summed E-state index contributed by atoms with van der Waals surface area (Å²) in [5, 5.41) is 0. The van der Waals surface area contributed by atoms with E-state index in [-0.39, 0.29) is 5.78 Å². The maximum Gasteiger partial charge on any atom is 0.161 e. The number of Topliss-reactive ketones (excluding diaryl/α,β-unsaturated/α-hetero) is 1. The van der Waals surface area contributed by atoms with E-state index < -0.39 is 0 Å². The maximum atomic E-state index is 11.4. The number of unbranched alkanes of at least 4 members (excludes halogenated alkanes) is 5. The van der Waals surface area contributed by atoms with Crippen LogP contribution in [0.3, 0.4) is 0 Å².